The summed E-state index contributed by atoms with van der Waals surface area (Å²) in [6.07, 6.45) is 4.42. The van der Waals surface area contributed by atoms with E-state index in [4.69, 9.17) is 4.74 Å². The molecule has 1 unspecified atom stereocenters. The van der Waals surface area contributed by atoms with Crippen LogP contribution in [0.25, 0.3) is 0 Å². The van der Waals surface area contributed by atoms with Crippen LogP contribution in [0.15, 0.2) is 24.3 Å². The third-order valence-corrected chi connectivity index (χ3v) is 5.15. The van der Waals surface area contributed by atoms with Crippen molar-refractivity contribution in [1.29, 1.82) is 0 Å². The van der Waals surface area contributed by atoms with Crippen LogP contribution >= 0.6 is 0 Å². The highest BCUT2D eigenvalue weighted by molar-refractivity contribution is 5.96. The molecule has 0 saturated carbocycles. The number of likely N-dealkylation sites (tertiary alicyclic amines) is 1. The SMILES string of the molecule is CCNC(=O)NC(=O)C(C)N1CCC(CCc2ccc(OC)cc2)CC1. The maximum Gasteiger partial charge on any atom is 0.321 e. The number of piperidine rings is 1. The van der Waals surface area contributed by atoms with E-state index in [1.54, 1.807) is 7.11 Å². The fourth-order valence-electron chi connectivity index (χ4n) is 3.38. The number of carbonyl (C=O) groups is 2. The lowest BCUT2D eigenvalue weighted by atomic mass is 9.90. The Hall–Kier alpha value is -2.08. The number of hydrogen-bond acceptors (Lipinski definition) is 4. The van der Waals surface area contributed by atoms with Gasteiger partial charge in [0.2, 0.25) is 5.91 Å². The van der Waals surface area contributed by atoms with E-state index >= 15 is 0 Å². The summed E-state index contributed by atoms with van der Waals surface area (Å²) in [6.45, 7) is 6.00. The Bertz CT molecular complexity index is 580. The molecule has 0 bridgehead atoms. The molecule has 26 heavy (non-hydrogen) atoms. The minimum atomic E-state index is -0.418. The third-order valence-electron chi connectivity index (χ3n) is 5.15. The van der Waals surface area contributed by atoms with Crippen molar-refractivity contribution in [2.24, 2.45) is 5.92 Å². The number of hydrogen-bond donors (Lipinski definition) is 2. The van der Waals surface area contributed by atoms with Gasteiger partial charge in [-0.15, -0.1) is 0 Å². The normalized spacial score (nSPS) is 16.7. The van der Waals surface area contributed by atoms with Crippen LogP contribution in [-0.4, -0.2) is 49.6 Å². The Balaban J connectivity index is 1.72. The Kier molecular flexibility index (Phi) is 7.91. The maximum absolute atomic E-state index is 12.1. The molecule has 1 aliphatic heterocycles. The van der Waals surface area contributed by atoms with Crippen LogP contribution < -0.4 is 15.4 Å². The number of carbonyl (C=O) groups excluding carboxylic acids is 2. The van der Waals surface area contributed by atoms with Gasteiger partial charge < -0.3 is 10.1 Å². The highest BCUT2D eigenvalue weighted by atomic mass is 16.5. The summed E-state index contributed by atoms with van der Waals surface area (Å²) in [6, 6.07) is 7.57. The minimum Gasteiger partial charge on any atom is -0.497 e. The van der Waals surface area contributed by atoms with E-state index in [1.807, 2.05) is 26.0 Å². The lowest BCUT2D eigenvalue weighted by molar-refractivity contribution is -0.125. The summed E-state index contributed by atoms with van der Waals surface area (Å²) in [5.74, 6) is 1.35. The van der Waals surface area contributed by atoms with Gasteiger partial charge >= 0.3 is 6.03 Å². The van der Waals surface area contributed by atoms with Crippen LogP contribution in [0.5, 0.6) is 5.75 Å². The molecule has 0 spiro atoms. The average Bonchev–Trinajstić information content (AvgIpc) is 2.66. The van der Waals surface area contributed by atoms with Crippen LogP contribution in [0.3, 0.4) is 0 Å². The van der Waals surface area contributed by atoms with Crippen molar-refractivity contribution in [2.45, 2.75) is 45.6 Å². The van der Waals surface area contributed by atoms with E-state index < -0.39 is 6.03 Å². The minimum absolute atomic E-state index is 0.229. The van der Waals surface area contributed by atoms with Crippen molar-refractivity contribution >= 4 is 11.9 Å². The summed E-state index contributed by atoms with van der Waals surface area (Å²) in [5.41, 5.74) is 1.34. The van der Waals surface area contributed by atoms with Gasteiger partial charge in [-0.05, 0) is 76.2 Å². The van der Waals surface area contributed by atoms with Crippen LogP contribution in [0.4, 0.5) is 4.79 Å². The quantitative estimate of drug-likeness (QED) is 0.783. The van der Waals surface area contributed by atoms with Gasteiger partial charge in [-0.2, -0.15) is 0 Å². The first-order chi connectivity index (χ1) is 12.5. The Morgan fingerprint density at radius 2 is 1.88 bits per heavy atom. The van der Waals surface area contributed by atoms with Crippen molar-refractivity contribution in [1.82, 2.24) is 15.5 Å². The highest BCUT2D eigenvalue weighted by Gasteiger charge is 2.27. The fourth-order valence-corrected chi connectivity index (χ4v) is 3.38. The summed E-state index contributed by atoms with van der Waals surface area (Å²) in [5, 5.41) is 4.99. The van der Waals surface area contributed by atoms with E-state index in [1.165, 1.54) is 12.0 Å². The van der Waals surface area contributed by atoms with Gasteiger partial charge in [0.1, 0.15) is 5.75 Å². The molecule has 2 N–H and O–H groups in total. The topological polar surface area (TPSA) is 70.7 Å². The predicted octanol–water partition coefficient (Wildman–Crippen LogP) is 2.57. The van der Waals surface area contributed by atoms with Crippen molar-refractivity contribution in [3.63, 3.8) is 0 Å². The van der Waals surface area contributed by atoms with Crippen molar-refractivity contribution in [2.75, 3.05) is 26.7 Å². The second-order valence-electron chi connectivity index (χ2n) is 6.89. The first kappa shape index (κ1) is 20.2. The van der Waals surface area contributed by atoms with E-state index in [9.17, 15) is 9.59 Å². The van der Waals surface area contributed by atoms with Crippen LogP contribution in [0.2, 0.25) is 0 Å². The molecule has 6 nitrogen and oxygen atoms in total. The lowest BCUT2D eigenvalue weighted by Gasteiger charge is -2.35. The molecule has 1 aromatic carbocycles. The standard InChI is InChI=1S/C20H31N3O3/c1-4-21-20(25)22-19(24)15(2)23-13-11-17(12-14-23)6-5-16-7-9-18(26-3)10-8-16/h7-10,15,17H,4-6,11-14H2,1-3H3,(H2,21,22,24,25). The van der Waals surface area contributed by atoms with E-state index in [-0.39, 0.29) is 11.9 Å². The third kappa shape index (κ3) is 6.02. The number of aryl methyl sites for hydroxylation is 1. The molecule has 144 valence electrons. The summed E-state index contributed by atoms with van der Waals surface area (Å²) >= 11 is 0. The molecule has 0 radical (unpaired) electrons. The Morgan fingerprint density at radius 1 is 1.23 bits per heavy atom. The highest BCUT2D eigenvalue weighted by Crippen LogP contribution is 2.24. The lowest BCUT2D eigenvalue weighted by Crippen LogP contribution is -2.51. The molecule has 2 rings (SSSR count). The van der Waals surface area contributed by atoms with Gasteiger partial charge in [0.05, 0.1) is 13.2 Å². The molecule has 1 heterocycles. The zero-order valence-electron chi connectivity index (χ0n) is 16.1. The molecule has 1 aromatic rings. The zero-order chi connectivity index (χ0) is 18.9. The van der Waals surface area contributed by atoms with Crippen LogP contribution in [-0.2, 0) is 11.2 Å². The average molecular weight is 361 g/mol. The Labute approximate surface area is 156 Å². The summed E-state index contributed by atoms with van der Waals surface area (Å²) < 4.78 is 5.19. The fraction of sp³-hybridized carbons (Fsp3) is 0.600. The molecule has 1 fully saturated rings. The van der Waals surface area contributed by atoms with Crippen LogP contribution in [0.1, 0.15) is 38.7 Å². The Morgan fingerprint density at radius 3 is 2.46 bits per heavy atom. The predicted molar refractivity (Wildman–Crippen MR) is 102 cm³/mol. The van der Waals surface area contributed by atoms with Gasteiger partial charge in [-0.25, -0.2) is 4.79 Å². The van der Waals surface area contributed by atoms with Crippen molar-refractivity contribution in [3.05, 3.63) is 29.8 Å². The molecule has 0 aliphatic carbocycles. The number of amides is 3. The molecule has 1 saturated heterocycles. The monoisotopic (exact) mass is 361 g/mol. The number of rotatable bonds is 7. The largest absolute Gasteiger partial charge is 0.497 e. The number of nitrogens with one attached hydrogen (secondary N) is 2. The second kappa shape index (κ2) is 10.2. The molecule has 1 aliphatic rings. The van der Waals surface area contributed by atoms with Crippen LogP contribution in [0, 0.1) is 5.92 Å². The summed E-state index contributed by atoms with van der Waals surface area (Å²) in [4.78, 5) is 25.8. The molecule has 6 heteroatoms. The smallest absolute Gasteiger partial charge is 0.321 e. The van der Waals surface area contributed by atoms with E-state index in [2.05, 4.69) is 27.7 Å². The molecule has 1 atom stereocenters. The molecule has 0 aromatic heterocycles. The van der Waals surface area contributed by atoms with E-state index in [0.29, 0.717) is 12.5 Å². The van der Waals surface area contributed by atoms with Crippen molar-refractivity contribution < 1.29 is 14.3 Å². The van der Waals surface area contributed by atoms with Gasteiger partial charge in [-0.3, -0.25) is 15.0 Å². The number of urea groups is 1. The zero-order valence-corrected chi connectivity index (χ0v) is 16.1. The van der Waals surface area contributed by atoms with E-state index in [0.717, 1.165) is 38.1 Å². The van der Waals surface area contributed by atoms with Gasteiger partial charge in [-0.1, -0.05) is 12.1 Å². The van der Waals surface area contributed by atoms with Gasteiger partial charge in [0.25, 0.3) is 0 Å². The summed E-state index contributed by atoms with van der Waals surface area (Å²) in [7, 11) is 1.68. The molecule has 3 amide bonds. The number of imide groups is 1. The second-order valence-corrected chi connectivity index (χ2v) is 6.89. The maximum atomic E-state index is 12.1. The van der Waals surface area contributed by atoms with Gasteiger partial charge in [0, 0.05) is 6.54 Å². The number of methoxy groups -OCH3 is 1. The first-order valence-corrected chi connectivity index (χ1v) is 9.49. The number of benzene rings is 1. The number of ether oxygens (including phenoxy) is 1. The molecular weight excluding hydrogens is 330 g/mol. The first-order valence-electron chi connectivity index (χ1n) is 9.49. The number of nitrogens with zero attached hydrogens (tertiary/aromatic N) is 1. The molecular formula is C20H31N3O3. The van der Waals surface area contributed by atoms with Crippen molar-refractivity contribution in [3.8, 4) is 5.75 Å². The van der Waals surface area contributed by atoms with Gasteiger partial charge in [0.15, 0.2) is 0 Å².